The summed E-state index contributed by atoms with van der Waals surface area (Å²) >= 11 is 0. The van der Waals surface area contributed by atoms with E-state index < -0.39 is 0 Å². The molecule has 1 heterocycles. The van der Waals surface area contributed by atoms with Crippen molar-refractivity contribution in [3.8, 4) is 17.0 Å². The number of rotatable bonds is 5. The number of hydrogen-bond acceptors (Lipinski definition) is 3. The van der Waals surface area contributed by atoms with E-state index in [1.54, 1.807) is 24.9 Å². The van der Waals surface area contributed by atoms with Gasteiger partial charge in [0.15, 0.2) is 0 Å². The van der Waals surface area contributed by atoms with Crippen molar-refractivity contribution in [2.45, 2.75) is 13.8 Å². The minimum absolute atomic E-state index is 0.111. The summed E-state index contributed by atoms with van der Waals surface area (Å²) in [5.74, 6) is 1.04. The Labute approximate surface area is 124 Å². The van der Waals surface area contributed by atoms with Crippen molar-refractivity contribution in [1.82, 2.24) is 15.1 Å². The van der Waals surface area contributed by atoms with Crippen molar-refractivity contribution < 1.29 is 9.53 Å². The first kappa shape index (κ1) is 15.1. The maximum atomic E-state index is 12.2. The largest absolute Gasteiger partial charge is 0.496 e. The van der Waals surface area contributed by atoms with Gasteiger partial charge in [-0.1, -0.05) is 26.0 Å². The average molecular weight is 287 g/mol. The van der Waals surface area contributed by atoms with Crippen LogP contribution in [-0.4, -0.2) is 29.3 Å². The van der Waals surface area contributed by atoms with Gasteiger partial charge in [0.25, 0.3) is 5.91 Å². The molecule has 0 saturated carbocycles. The minimum atomic E-state index is -0.111. The third-order valence-electron chi connectivity index (χ3n) is 3.17. The van der Waals surface area contributed by atoms with Gasteiger partial charge in [-0.15, -0.1) is 0 Å². The average Bonchev–Trinajstić information content (AvgIpc) is 2.86. The zero-order valence-electron chi connectivity index (χ0n) is 12.9. The molecular weight excluding hydrogens is 266 g/mol. The van der Waals surface area contributed by atoms with Crippen molar-refractivity contribution in [2.24, 2.45) is 13.0 Å². The second-order valence-electron chi connectivity index (χ2n) is 5.34. The van der Waals surface area contributed by atoms with E-state index in [1.165, 1.54) is 0 Å². The number of aryl methyl sites for hydroxylation is 1. The van der Waals surface area contributed by atoms with Gasteiger partial charge >= 0.3 is 0 Å². The number of carbonyl (C=O) groups is 1. The highest BCUT2D eigenvalue weighted by Crippen LogP contribution is 2.28. The van der Waals surface area contributed by atoms with E-state index in [0.717, 1.165) is 17.0 Å². The van der Waals surface area contributed by atoms with Gasteiger partial charge in [0.2, 0.25) is 0 Å². The second-order valence-corrected chi connectivity index (χ2v) is 5.34. The number of amides is 1. The van der Waals surface area contributed by atoms with Gasteiger partial charge in [0, 0.05) is 19.2 Å². The quantitative estimate of drug-likeness (QED) is 0.919. The Bertz CT molecular complexity index is 632. The Morgan fingerprint density at radius 1 is 1.38 bits per heavy atom. The third-order valence-corrected chi connectivity index (χ3v) is 3.17. The molecule has 0 saturated heterocycles. The predicted molar refractivity (Wildman–Crippen MR) is 82.4 cm³/mol. The normalized spacial score (nSPS) is 10.7. The summed E-state index contributed by atoms with van der Waals surface area (Å²) in [7, 11) is 3.39. The zero-order valence-corrected chi connectivity index (χ0v) is 12.9. The van der Waals surface area contributed by atoms with Crippen LogP contribution in [0.3, 0.4) is 0 Å². The predicted octanol–water partition coefficient (Wildman–Crippen LogP) is 2.48. The number of methoxy groups -OCH3 is 1. The molecule has 0 aliphatic carbocycles. The van der Waals surface area contributed by atoms with Crippen LogP contribution in [0.5, 0.6) is 5.75 Å². The van der Waals surface area contributed by atoms with Gasteiger partial charge in [0.1, 0.15) is 11.4 Å². The Morgan fingerprint density at radius 2 is 2.10 bits per heavy atom. The highest BCUT2D eigenvalue weighted by Gasteiger charge is 2.16. The second kappa shape index (κ2) is 6.43. The van der Waals surface area contributed by atoms with Gasteiger partial charge in [-0.25, -0.2) is 0 Å². The number of ether oxygens (including phenoxy) is 1. The summed E-state index contributed by atoms with van der Waals surface area (Å²) < 4.78 is 6.93. The smallest absolute Gasteiger partial charge is 0.269 e. The van der Waals surface area contributed by atoms with E-state index in [2.05, 4.69) is 24.3 Å². The van der Waals surface area contributed by atoms with Crippen molar-refractivity contribution >= 4 is 5.91 Å². The third kappa shape index (κ3) is 3.42. The van der Waals surface area contributed by atoms with Crippen LogP contribution in [-0.2, 0) is 7.05 Å². The molecule has 1 amide bonds. The summed E-state index contributed by atoms with van der Waals surface area (Å²) in [6.45, 7) is 4.77. The SMILES string of the molecule is COc1ccccc1-c1cc(C(=O)NCC(C)C)n(C)n1. The van der Waals surface area contributed by atoms with Crippen LogP contribution in [0.1, 0.15) is 24.3 Å². The topological polar surface area (TPSA) is 56.1 Å². The number of carbonyl (C=O) groups excluding carboxylic acids is 1. The van der Waals surface area contributed by atoms with Gasteiger partial charge in [-0.2, -0.15) is 5.10 Å². The van der Waals surface area contributed by atoms with E-state index in [-0.39, 0.29) is 5.91 Å². The molecule has 0 aliphatic rings. The molecule has 0 atom stereocenters. The number of nitrogens with one attached hydrogen (secondary N) is 1. The molecule has 1 aromatic carbocycles. The van der Waals surface area contributed by atoms with Gasteiger partial charge in [0.05, 0.1) is 12.8 Å². The van der Waals surface area contributed by atoms with E-state index in [4.69, 9.17) is 4.74 Å². The van der Waals surface area contributed by atoms with Gasteiger partial charge < -0.3 is 10.1 Å². The molecule has 0 bridgehead atoms. The van der Waals surface area contributed by atoms with E-state index in [0.29, 0.717) is 18.2 Å². The van der Waals surface area contributed by atoms with Crippen molar-refractivity contribution in [3.05, 3.63) is 36.0 Å². The Kier molecular flexibility index (Phi) is 4.62. The van der Waals surface area contributed by atoms with Gasteiger partial charge in [-0.05, 0) is 24.1 Å². The van der Waals surface area contributed by atoms with Crippen LogP contribution in [0.25, 0.3) is 11.3 Å². The first-order valence-electron chi connectivity index (χ1n) is 6.98. The number of aromatic nitrogens is 2. The van der Waals surface area contributed by atoms with E-state index in [1.807, 2.05) is 24.3 Å². The molecule has 21 heavy (non-hydrogen) atoms. The number of hydrogen-bond donors (Lipinski definition) is 1. The molecule has 2 aromatic rings. The van der Waals surface area contributed by atoms with E-state index >= 15 is 0 Å². The van der Waals surface area contributed by atoms with Gasteiger partial charge in [-0.3, -0.25) is 9.48 Å². The lowest BCUT2D eigenvalue weighted by atomic mass is 10.1. The molecule has 0 unspecified atom stereocenters. The van der Waals surface area contributed by atoms with Crippen LogP contribution in [0.2, 0.25) is 0 Å². The molecule has 2 rings (SSSR count). The summed E-state index contributed by atoms with van der Waals surface area (Å²) in [6, 6.07) is 9.42. The standard InChI is InChI=1S/C16H21N3O2/c1-11(2)10-17-16(20)14-9-13(18-19(14)3)12-7-5-6-8-15(12)21-4/h5-9,11H,10H2,1-4H3,(H,17,20). The molecule has 112 valence electrons. The highest BCUT2D eigenvalue weighted by molar-refractivity contribution is 5.93. The minimum Gasteiger partial charge on any atom is -0.496 e. The Morgan fingerprint density at radius 3 is 2.76 bits per heavy atom. The molecule has 1 N–H and O–H groups in total. The monoisotopic (exact) mass is 287 g/mol. The molecule has 5 nitrogen and oxygen atoms in total. The fourth-order valence-electron chi connectivity index (χ4n) is 2.06. The molecule has 0 aliphatic heterocycles. The maximum Gasteiger partial charge on any atom is 0.269 e. The molecule has 1 aromatic heterocycles. The van der Waals surface area contributed by atoms with Crippen molar-refractivity contribution in [1.29, 1.82) is 0 Å². The lowest BCUT2D eigenvalue weighted by Gasteiger charge is -2.07. The zero-order chi connectivity index (χ0) is 15.4. The molecule has 5 heteroatoms. The van der Waals surface area contributed by atoms with Crippen LogP contribution in [0.15, 0.2) is 30.3 Å². The number of para-hydroxylation sites is 1. The number of nitrogens with zero attached hydrogens (tertiary/aromatic N) is 2. The van der Waals surface area contributed by atoms with Crippen LogP contribution < -0.4 is 10.1 Å². The lowest BCUT2D eigenvalue weighted by Crippen LogP contribution is -2.28. The van der Waals surface area contributed by atoms with Crippen LogP contribution in [0.4, 0.5) is 0 Å². The Hall–Kier alpha value is -2.30. The highest BCUT2D eigenvalue weighted by atomic mass is 16.5. The lowest BCUT2D eigenvalue weighted by molar-refractivity contribution is 0.0939. The summed E-state index contributed by atoms with van der Waals surface area (Å²) in [6.07, 6.45) is 0. The molecular formula is C16H21N3O2. The fourth-order valence-corrected chi connectivity index (χ4v) is 2.06. The van der Waals surface area contributed by atoms with Crippen LogP contribution >= 0.6 is 0 Å². The van der Waals surface area contributed by atoms with Crippen molar-refractivity contribution in [2.75, 3.05) is 13.7 Å². The maximum absolute atomic E-state index is 12.2. The van der Waals surface area contributed by atoms with E-state index in [9.17, 15) is 4.79 Å². The fraction of sp³-hybridized carbons (Fsp3) is 0.375. The van der Waals surface area contributed by atoms with Crippen LogP contribution in [0, 0.1) is 5.92 Å². The summed E-state index contributed by atoms with van der Waals surface area (Å²) in [4.78, 5) is 12.2. The Balaban J connectivity index is 2.28. The number of benzene rings is 1. The van der Waals surface area contributed by atoms with Crippen molar-refractivity contribution in [3.63, 3.8) is 0 Å². The first-order chi connectivity index (χ1) is 10.0. The first-order valence-corrected chi connectivity index (χ1v) is 6.98. The molecule has 0 spiro atoms. The molecule has 0 radical (unpaired) electrons. The summed E-state index contributed by atoms with van der Waals surface area (Å²) in [5, 5.41) is 7.32. The molecule has 0 fully saturated rings. The summed E-state index contributed by atoms with van der Waals surface area (Å²) in [5.41, 5.74) is 2.14.